The maximum absolute atomic E-state index is 12.6. The summed E-state index contributed by atoms with van der Waals surface area (Å²) in [5.74, 6) is -1.06. The minimum absolute atomic E-state index is 0.129. The van der Waals surface area contributed by atoms with E-state index in [1.807, 2.05) is 36.5 Å². The van der Waals surface area contributed by atoms with Crippen molar-refractivity contribution in [3.63, 3.8) is 0 Å². The molecule has 0 aliphatic rings. The van der Waals surface area contributed by atoms with Crippen LogP contribution in [0.1, 0.15) is 136 Å². The highest BCUT2D eigenvalue weighted by atomic mass is 31.2. The maximum atomic E-state index is 12.6. The van der Waals surface area contributed by atoms with Gasteiger partial charge in [0, 0.05) is 12.8 Å². The summed E-state index contributed by atoms with van der Waals surface area (Å²) in [6.45, 7) is 2.01. The molecule has 12 heteroatoms. The summed E-state index contributed by atoms with van der Waals surface area (Å²) < 4.78 is 32.6. The SMILES string of the molecule is CC/C=C\C/C=C\C/C=C\C/C=C\CCCCCCC(=O)O[C@H](COC(=O)CCC/C=C\C/C=C\C/C=C\C=C\[C@H](O)CCCCC)COP(=O)(O)OC[C@@H](O)CO. The van der Waals surface area contributed by atoms with Crippen molar-refractivity contribution in [3.8, 4) is 0 Å². The second-order valence-electron chi connectivity index (χ2n) is 13.8. The first-order chi connectivity index (χ1) is 28.1. The minimum atomic E-state index is -4.65. The Kier molecular flexibility index (Phi) is 38.4. The summed E-state index contributed by atoms with van der Waals surface area (Å²) in [6, 6.07) is 0. The van der Waals surface area contributed by atoms with Crippen LogP contribution in [-0.2, 0) is 32.7 Å². The van der Waals surface area contributed by atoms with Gasteiger partial charge in [0.15, 0.2) is 6.10 Å². The van der Waals surface area contributed by atoms with E-state index in [1.54, 1.807) is 0 Å². The van der Waals surface area contributed by atoms with Gasteiger partial charge in [-0.2, -0.15) is 0 Å². The number of hydrogen-bond donors (Lipinski definition) is 4. The molecular weight excluding hydrogens is 759 g/mol. The molecule has 0 aromatic rings. The smallest absolute Gasteiger partial charge is 0.462 e. The number of carbonyl (C=O) groups excluding carboxylic acids is 2. The van der Waals surface area contributed by atoms with E-state index in [-0.39, 0.29) is 19.4 Å². The first kappa shape index (κ1) is 54.9. The van der Waals surface area contributed by atoms with Crippen molar-refractivity contribution in [2.75, 3.05) is 26.4 Å². The lowest BCUT2D eigenvalue weighted by Gasteiger charge is -2.20. The maximum Gasteiger partial charge on any atom is 0.472 e. The predicted octanol–water partition coefficient (Wildman–Crippen LogP) is 10.2. The summed E-state index contributed by atoms with van der Waals surface area (Å²) in [4.78, 5) is 35.0. The predicted molar refractivity (Wildman–Crippen MR) is 234 cm³/mol. The van der Waals surface area contributed by atoms with Gasteiger partial charge in [-0.05, 0) is 77.0 Å². The lowest BCUT2D eigenvalue weighted by atomic mass is 10.1. The fourth-order valence-corrected chi connectivity index (χ4v) is 5.82. The average molecular weight is 835 g/mol. The number of phosphoric acid groups is 1. The van der Waals surface area contributed by atoms with Crippen LogP contribution in [0.4, 0.5) is 0 Å². The second kappa shape index (κ2) is 40.6. The summed E-state index contributed by atoms with van der Waals surface area (Å²) in [6.07, 6.45) is 45.6. The van der Waals surface area contributed by atoms with Crippen LogP contribution < -0.4 is 0 Å². The van der Waals surface area contributed by atoms with Crippen LogP contribution >= 0.6 is 7.82 Å². The standard InChI is InChI=1S/C46H75O11P/c1-3-5-7-8-9-10-11-12-13-14-15-16-19-23-26-29-33-37-46(51)57-44(41-56-58(52,53)55-39-43(49)38-47)40-54-45(50)36-32-28-25-22-20-17-18-21-24-27-31-35-42(48)34-30-6-4-2/h5,7,9-10,12-13,15-18,22,24-25,27,31,35,42-44,47-49H,3-4,6,8,11,14,19-21,23,26,28-30,32-34,36-41H2,1-2H3,(H,52,53)/b7-5-,10-9-,13-12-,16-15-,18-17-,25-22-,27-24-,35-31+/t42-,43+,44-/m1/s1. The minimum Gasteiger partial charge on any atom is -0.462 e. The van der Waals surface area contributed by atoms with Crippen LogP contribution in [0.2, 0.25) is 0 Å². The molecule has 0 saturated heterocycles. The zero-order valence-corrected chi connectivity index (χ0v) is 36.2. The van der Waals surface area contributed by atoms with E-state index >= 15 is 0 Å². The molecule has 58 heavy (non-hydrogen) atoms. The largest absolute Gasteiger partial charge is 0.472 e. The van der Waals surface area contributed by atoms with E-state index in [1.165, 1.54) is 0 Å². The number of carbonyl (C=O) groups is 2. The Morgan fingerprint density at radius 1 is 0.603 bits per heavy atom. The van der Waals surface area contributed by atoms with Gasteiger partial charge in [-0.3, -0.25) is 18.6 Å². The molecular formula is C46H75O11P. The lowest BCUT2D eigenvalue weighted by molar-refractivity contribution is -0.161. The number of esters is 2. The average Bonchev–Trinajstić information content (AvgIpc) is 3.20. The van der Waals surface area contributed by atoms with Crippen molar-refractivity contribution in [1.29, 1.82) is 0 Å². The molecule has 0 heterocycles. The van der Waals surface area contributed by atoms with Crippen molar-refractivity contribution in [1.82, 2.24) is 0 Å². The Hall–Kier alpha value is -3.15. The third-order valence-electron chi connectivity index (χ3n) is 8.33. The van der Waals surface area contributed by atoms with Gasteiger partial charge >= 0.3 is 19.8 Å². The van der Waals surface area contributed by atoms with E-state index in [2.05, 4.69) is 79.1 Å². The Bertz CT molecular complexity index is 1300. The summed E-state index contributed by atoms with van der Waals surface area (Å²) in [5.41, 5.74) is 0. The highest BCUT2D eigenvalue weighted by Crippen LogP contribution is 2.43. The van der Waals surface area contributed by atoms with Gasteiger partial charge in [0.1, 0.15) is 12.7 Å². The number of unbranched alkanes of at least 4 members (excludes halogenated alkanes) is 7. The second-order valence-corrected chi connectivity index (χ2v) is 15.3. The van der Waals surface area contributed by atoms with Crippen molar-refractivity contribution in [3.05, 3.63) is 97.2 Å². The molecule has 4 atom stereocenters. The number of phosphoric ester groups is 1. The zero-order chi connectivity index (χ0) is 42.8. The summed E-state index contributed by atoms with van der Waals surface area (Å²) >= 11 is 0. The number of allylic oxidation sites excluding steroid dienone is 15. The van der Waals surface area contributed by atoms with Gasteiger partial charge in [-0.1, -0.05) is 143 Å². The molecule has 1 unspecified atom stereocenters. The molecule has 11 nitrogen and oxygen atoms in total. The Balaban J connectivity index is 4.51. The van der Waals surface area contributed by atoms with Gasteiger partial charge in [0.05, 0.1) is 25.9 Å². The number of aliphatic hydroxyl groups is 3. The first-order valence-electron chi connectivity index (χ1n) is 21.3. The van der Waals surface area contributed by atoms with Crippen LogP contribution in [0, 0.1) is 0 Å². The number of aliphatic hydroxyl groups excluding tert-OH is 3. The normalized spacial score (nSPS) is 15.3. The number of rotatable bonds is 38. The number of ether oxygens (including phenoxy) is 2. The van der Waals surface area contributed by atoms with Crippen molar-refractivity contribution < 1.29 is 52.9 Å². The van der Waals surface area contributed by atoms with E-state index in [9.17, 15) is 29.3 Å². The Morgan fingerprint density at radius 2 is 1.16 bits per heavy atom. The van der Waals surface area contributed by atoms with Gasteiger partial charge in [0.2, 0.25) is 0 Å². The van der Waals surface area contributed by atoms with Crippen LogP contribution in [0.25, 0.3) is 0 Å². The quantitative estimate of drug-likeness (QED) is 0.0154. The van der Waals surface area contributed by atoms with Gasteiger partial charge in [-0.25, -0.2) is 4.57 Å². The van der Waals surface area contributed by atoms with Crippen molar-refractivity contribution >= 4 is 19.8 Å². The monoisotopic (exact) mass is 835 g/mol. The van der Waals surface area contributed by atoms with Crippen LogP contribution in [0.15, 0.2) is 97.2 Å². The summed E-state index contributed by atoms with van der Waals surface area (Å²) in [7, 11) is -4.65. The van der Waals surface area contributed by atoms with E-state index in [0.29, 0.717) is 19.3 Å². The van der Waals surface area contributed by atoms with Crippen LogP contribution in [-0.4, -0.2) is 76.9 Å². The fourth-order valence-electron chi connectivity index (χ4n) is 5.03. The van der Waals surface area contributed by atoms with Gasteiger partial charge < -0.3 is 29.7 Å². The van der Waals surface area contributed by atoms with Crippen LogP contribution in [0.3, 0.4) is 0 Å². The highest BCUT2D eigenvalue weighted by Gasteiger charge is 2.27. The molecule has 330 valence electrons. The van der Waals surface area contributed by atoms with E-state index in [0.717, 1.165) is 89.9 Å². The van der Waals surface area contributed by atoms with Gasteiger partial charge in [-0.15, -0.1) is 0 Å². The molecule has 0 aromatic carbocycles. The molecule has 0 radical (unpaired) electrons. The molecule has 0 aliphatic carbocycles. The van der Waals surface area contributed by atoms with Crippen LogP contribution in [0.5, 0.6) is 0 Å². The highest BCUT2D eigenvalue weighted by molar-refractivity contribution is 7.47. The number of hydrogen-bond acceptors (Lipinski definition) is 10. The topological polar surface area (TPSA) is 169 Å². The fraction of sp³-hybridized carbons (Fsp3) is 0.609. The molecule has 0 saturated carbocycles. The molecule has 0 aliphatic heterocycles. The Labute approximate surface area is 349 Å². The molecule has 0 aromatic heterocycles. The summed E-state index contributed by atoms with van der Waals surface area (Å²) in [5, 5.41) is 28.2. The van der Waals surface area contributed by atoms with Crippen molar-refractivity contribution in [2.24, 2.45) is 0 Å². The molecule has 4 N–H and O–H groups in total. The third kappa shape index (κ3) is 39.7. The third-order valence-corrected chi connectivity index (χ3v) is 9.28. The van der Waals surface area contributed by atoms with E-state index < -0.39 is 57.9 Å². The van der Waals surface area contributed by atoms with Gasteiger partial charge in [0.25, 0.3) is 0 Å². The van der Waals surface area contributed by atoms with E-state index in [4.69, 9.17) is 19.1 Å². The molecule has 0 fully saturated rings. The molecule has 0 amide bonds. The first-order valence-corrected chi connectivity index (χ1v) is 22.8. The lowest BCUT2D eigenvalue weighted by Crippen LogP contribution is -2.29. The molecule has 0 spiro atoms. The zero-order valence-electron chi connectivity index (χ0n) is 35.3. The van der Waals surface area contributed by atoms with Crippen molar-refractivity contribution in [2.45, 2.75) is 154 Å². The Morgan fingerprint density at radius 3 is 1.78 bits per heavy atom. The molecule has 0 bridgehead atoms. The molecule has 0 rings (SSSR count).